The largest absolute Gasteiger partial charge is 0.464 e. The van der Waals surface area contributed by atoms with E-state index in [1.54, 1.807) is 32.9 Å². The highest BCUT2D eigenvalue weighted by Gasteiger charge is 2.45. The van der Waals surface area contributed by atoms with E-state index in [-0.39, 0.29) is 18.1 Å². The Morgan fingerprint density at radius 1 is 1.36 bits per heavy atom. The summed E-state index contributed by atoms with van der Waals surface area (Å²) in [6.07, 6.45) is 2.25. The monoisotopic (exact) mass is 307 g/mol. The molecule has 1 atom stereocenters. The minimum absolute atomic E-state index is 0.264. The third-order valence-corrected chi connectivity index (χ3v) is 4.27. The van der Waals surface area contributed by atoms with Gasteiger partial charge in [-0.25, -0.2) is 9.18 Å². The van der Waals surface area contributed by atoms with Crippen LogP contribution in [0, 0.1) is 12.7 Å². The first kappa shape index (κ1) is 16.5. The van der Waals surface area contributed by atoms with Crippen LogP contribution in [0.15, 0.2) is 18.2 Å². The van der Waals surface area contributed by atoms with Crippen molar-refractivity contribution in [1.82, 2.24) is 4.90 Å². The highest BCUT2D eigenvalue weighted by atomic mass is 19.1. The molecule has 1 aromatic rings. The van der Waals surface area contributed by atoms with Crippen LogP contribution in [-0.4, -0.2) is 35.5 Å². The summed E-state index contributed by atoms with van der Waals surface area (Å²) < 4.78 is 18.9. The van der Waals surface area contributed by atoms with Crippen LogP contribution in [0.5, 0.6) is 0 Å². The minimum atomic E-state index is -0.979. The van der Waals surface area contributed by atoms with E-state index in [0.717, 1.165) is 12.8 Å². The zero-order valence-electron chi connectivity index (χ0n) is 13.3. The van der Waals surface area contributed by atoms with Gasteiger partial charge in [-0.15, -0.1) is 0 Å². The van der Waals surface area contributed by atoms with E-state index in [0.29, 0.717) is 18.5 Å². The molecule has 1 aliphatic rings. The summed E-state index contributed by atoms with van der Waals surface area (Å²) >= 11 is 0. The number of amides is 1. The molecule has 2 rings (SSSR count). The molecule has 0 aromatic heterocycles. The molecule has 0 N–H and O–H groups in total. The van der Waals surface area contributed by atoms with E-state index < -0.39 is 17.3 Å². The molecule has 120 valence electrons. The topological polar surface area (TPSA) is 46.6 Å². The van der Waals surface area contributed by atoms with Crippen LogP contribution in [0.2, 0.25) is 0 Å². The molecule has 1 heterocycles. The number of hydrogen-bond donors (Lipinski definition) is 0. The molecule has 0 aliphatic carbocycles. The van der Waals surface area contributed by atoms with Crippen LogP contribution in [0.3, 0.4) is 0 Å². The number of ether oxygens (including phenoxy) is 1. The van der Waals surface area contributed by atoms with Crippen molar-refractivity contribution in [2.75, 3.05) is 13.2 Å². The standard InChI is InChI=1S/C17H22FNO3/c1-4-22-16(21)17(3)9-5-6-10-19(17)15(20)13-8-7-12(2)14(18)11-13/h7-8,11H,4-6,9-10H2,1-3H3. The second-order valence-corrected chi connectivity index (χ2v) is 5.87. The number of piperidine rings is 1. The minimum Gasteiger partial charge on any atom is -0.464 e. The summed E-state index contributed by atoms with van der Waals surface area (Å²) in [6, 6.07) is 4.41. The lowest BCUT2D eigenvalue weighted by Gasteiger charge is -2.42. The van der Waals surface area contributed by atoms with Crippen molar-refractivity contribution in [3.05, 3.63) is 35.1 Å². The number of carbonyl (C=O) groups is 2. The Morgan fingerprint density at radius 2 is 2.09 bits per heavy atom. The summed E-state index contributed by atoms with van der Waals surface area (Å²) in [6.45, 7) is 5.87. The predicted octanol–water partition coefficient (Wildman–Crippen LogP) is 3.08. The van der Waals surface area contributed by atoms with Gasteiger partial charge in [0.25, 0.3) is 5.91 Å². The zero-order valence-corrected chi connectivity index (χ0v) is 13.3. The van der Waals surface area contributed by atoms with Crippen LogP contribution in [0.1, 0.15) is 49.0 Å². The Balaban J connectivity index is 2.32. The van der Waals surface area contributed by atoms with E-state index in [2.05, 4.69) is 0 Å². The third-order valence-electron chi connectivity index (χ3n) is 4.27. The first-order valence-electron chi connectivity index (χ1n) is 7.65. The summed E-state index contributed by atoms with van der Waals surface area (Å²) in [7, 11) is 0. The van der Waals surface area contributed by atoms with Crippen molar-refractivity contribution < 1.29 is 18.7 Å². The molecule has 0 spiro atoms. The van der Waals surface area contributed by atoms with Crippen LogP contribution >= 0.6 is 0 Å². The van der Waals surface area contributed by atoms with E-state index in [1.165, 1.54) is 11.0 Å². The van der Waals surface area contributed by atoms with Crippen LogP contribution in [-0.2, 0) is 9.53 Å². The molecule has 1 aliphatic heterocycles. The van der Waals surface area contributed by atoms with Gasteiger partial charge in [0.2, 0.25) is 0 Å². The third kappa shape index (κ3) is 2.98. The summed E-state index contributed by atoms with van der Waals surface area (Å²) in [5.41, 5.74) is -0.226. The molecule has 4 nitrogen and oxygen atoms in total. The summed E-state index contributed by atoms with van der Waals surface area (Å²) in [5.74, 6) is -1.13. The highest BCUT2D eigenvalue weighted by molar-refractivity contribution is 5.98. The van der Waals surface area contributed by atoms with Crippen molar-refractivity contribution in [3.8, 4) is 0 Å². The Labute approximate surface area is 130 Å². The van der Waals surface area contributed by atoms with Gasteiger partial charge in [-0.05, 0) is 57.7 Å². The number of aryl methyl sites for hydroxylation is 1. The first-order valence-corrected chi connectivity index (χ1v) is 7.65. The number of rotatable bonds is 3. The number of benzene rings is 1. The second kappa shape index (κ2) is 6.46. The lowest BCUT2D eigenvalue weighted by molar-refractivity contribution is -0.157. The van der Waals surface area contributed by atoms with Gasteiger partial charge in [0.05, 0.1) is 6.61 Å². The van der Waals surface area contributed by atoms with Crippen LogP contribution < -0.4 is 0 Å². The van der Waals surface area contributed by atoms with Gasteiger partial charge in [0.1, 0.15) is 11.4 Å². The maximum atomic E-state index is 13.7. The van der Waals surface area contributed by atoms with E-state index >= 15 is 0 Å². The lowest BCUT2D eigenvalue weighted by atomic mass is 9.87. The molecule has 1 aromatic carbocycles. The molecular weight excluding hydrogens is 285 g/mol. The van der Waals surface area contributed by atoms with Crippen LogP contribution in [0.4, 0.5) is 4.39 Å². The first-order chi connectivity index (χ1) is 10.4. The fourth-order valence-electron chi connectivity index (χ4n) is 2.83. The average molecular weight is 307 g/mol. The average Bonchev–Trinajstić information content (AvgIpc) is 2.50. The van der Waals surface area contributed by atoms with E-state index in [1.807, 2.05) is 0 Å². The molecular formula is C17H22FNO3. The molecule has 1 unspecified atom stereocenters. The Hall–Kier alpha value is -1.91. The fraction of sp³-hybridized carbons (Fsp3) is 0.529. The number of carbonyl (C=O) groups excluding carboxylic acids is 2. The molecule has 1 saturated heterocycles. The molecule has 5 heteroatoms. The fourth-order valence-corrected chi connectivity index (χ4v) is 2.83. The Kier molecular flexibility index (Phi) is 4.84. The second-order valence-electron chi connectivity index (χ2n) is 5.87. The molecule has 1 amide bonds. The molecule has 0 bridgehead atoms. The molecule has 0 saturated carbocycles. The number of likely N-dealkylation sites (tertiary alicyclic amines) is 1. The smallest absolute Gasteiger partial charge is 0.331 e. The maximum Gasteiger partial charge on any atom is 0.331 e. The molecule has 1 fully saturated rings. The normalized spacial score (nSPS) is 21.5. The lowest BCUT2D eigenvalue weighted by Crippen LogP contribution is -2.58. The molecule has 0 radical (unpaired) electrons. The van der Waals surface area contributed by atoms with Crippen LogP contribution in [0.25, 0.3) is 0 Å². The van der Waals surface area contributed by atoms with Crippen molar-refractivity contribution >= 4 is 11.9 Å². The van der Waals surface area contributed by atoms with Gasteiger partial charge in [0, 0.05) is 12.1 Å². The van der Waals surface area contributed by atoms with Gasteiger partial charge >= 0.3 is 5.97 Å². The van der Waals surface area contributed by atoms with Crippen molar-refractivity contribution in [3.63, 3.8) is 0 Å². The highest BCUT2D eigenvalue weighted by Crippen LogP contribution is 2.31. The van der Waals surface area contributed by atoms with Gasteiger partial charge in [0.15, 0.2) is 0 Å². The maximum absolute atomic E-state index is 13.7. The number of nitrogens with zero attached hydrogens (tertiary/aromatic N) is 1. The zero-order chi connectivity index (χ0) is 16.3. The van der Waals surface area contributed by atoms with Gasteiger partial charge in [-0.3, -0.25) is 4.79 Å². The van der Waals surface area contributed by atoms with Gasteiger partial charge < -0.3 is 9.64 Å². The predicted molar refractivity (Wildman–Crippen MR) is 81.1 cm³/mol. The van der Waals surface area contributed by atoms with Crippen molar-refractivity contribution in [2.24, 2.45) is 0 Å². The van der Waals surface area contributed by atoms with Crippen molar-refractivity contribution in [2.45, 2.75) is 45.6 Å². The number of halogens is 1. The summed E-state index contributed by atoms with van der Waals surface area (Å²) in [5, 5.41) is 0. The van der Waals surface area contributed by atoms with E-state index in [9.17, 15) is 14.0 Å². The van der Waals surface area contributed by atoms with Crippen molar-refractivity contribution in [1.29, 1.82) is 0 Å². The quantitative estimate of drug-likeness (QED) is 0.806. The molecule has 22 heavy (non-hydrogen) atoms. The summed E-state index contributed by atoms with van der Waals surface area (Å²) in [4.78, 5) is 26.6. The van der Waals surface area contributed by atoms with Gasteiger partial charge in [-0.1, -0.05) is 6.07 Å². The number of hydrogen-bond acceptors (Lipinski definition) is 3. The Morgan fingerprint density at radius 3 is 2.73 bits per heavy atom. The number of esters is 1. The van der Waals surface area contributed by atoms with Gasteiger partial charge in [-0.2, -0.15) is 0 Å². The Bertz CT molecular complexity index is 587. The van der Waals surface area contributed by atoms with E-state index in [4.69, 9.17) is 4.74 Å². The SMILES string of the molecule is CCOC(=O)C1(C)CCCCN1C(=O)c1ccc(C)c(F)c1.